The Morgan fingerprint density at radius 2 is 1.83 bits per heavy atom. The van der Waals surface area contributed by atoms with Crippen molar-refractivity contribution in [3.63, 3.8) is 0 Å². The van der Waals surface area contributed by atoms with Crippen LogP contribution in [0.2, 0.25) is 0 Å². The van der Waals surface area contributed by atoms with E-state index in [-0.39, 0.29) is 0 Å². The highest BCUT2D eigenvalue weighted by Crippen LogP contribution is 2.37. The zero-order valence-electron chi connectivity index (χ0n) is 21.3. The first kappa shape index (κ1) is 23.9. The summed E-state index contributed by atoms with van der Waals surface area (Å²) in [5.41, 5.74) is 3.87. The van der Waals surface area contributed by atoms with Crippen LogP contribution in [0.4, 0.5) is 5.69 Å². The van der Waals surface area contributed by atoms with Gasteiger partial charge in [0.15, 0.2) is 11.5 Å². The van der Waals surface area contributed by atoms with E-state index >= 15 is 0 Å². The van der Waals surface area contributed by atoms with Crippen LogP contribution >= 0.6 is 0 Å². The molecule has 3 aromatic rings. The summed E-state index contributed by atoms with van der Waals surface area (Å²) in [4.78, 5) is 9.93. The van der Waals surface area contributed by atoms with Crippen LogP contribution in [0.1, 0.15) is 32.1 Å². The molecule has 0 radical (unpaired) electrons. The van der Waals surface area contributed by atoms with Crippen LogP contribution < -0.4 is 14.8 Å². The fourth-order valence-electron chi connectivity index (χ4n) is 5.23. The van der Waals surface area contributed by atoms with E-state index in [1.54, 1.807) is 7.11 Å². The van der Waals surface area contributed by atoms with Crippen molar-refractivity contribution >= 4 is 16.6 Å². The molecule has 35 heavy (non-hydrogen) atoms. The van der Waals surface area contributed by atoms with E-state index in [0.29, 0.717) is 12.6 Å². The summed E-state index contributed by atoms with van der Waals surface area (Å²) >= 11 is 0. The number of hydrogen-bond donors (Lipinski definition) is 1. The minimum absolute atomic E-state index is 0.434. The van der Waals surface area contributed by atoms with Crippen molar-refractivity contribution < 1.29 is 9.47 Å². The van der Waals surface area contributed by atoms with Gasteiger partial charge in [0.2, 0.25) is 0 Å². The number of pyridine rings is 1. The van der Waals surface area contributed by atoms with Crippen molar-refractivity contribution in [1.29, 1.82) is 0 Å². The van der Waals surface area contributed by atoms with E-state index in [1.807, 2.05) is 30.1 Å². The monoisotopic (exact) mass is 478 g/mol. The molecular weight excluding hydrogens is 440 g/mol. The van der Waals surface area contributed by atoms with Gasteiger partial charge in [-0.1, -0.05) is 0 Å². The summed E-state index contributed by atoms with van der Waals surface area (Å²) in [6.07, 6.45) is 7.70. The summed E-state index contributed by atoms with van der Waals surface area (Å²) in [6, 6.07) is 8.69. The number of ether oxygens (including phenoxy) is 2. The average molecular weight is 479 g/mol. The molecule has 0 amide bonds. The standard InChI is InChI=1S/C27H38N6O2/c1-31-14-8-20(9-15-31)29-22-18-24(25-7-10-28-32(25)2)30-23-19-27(26(34-3)17-21(22)23)35-16-6-13-33-11-4-5-12-33/h7,10,17-20H,4-6,8-9,11-16H2,1-3H3,(H,29,30). The fraction of sp³-hybridized carbons (Fsp3) is 0.556. The molecule has 0 spiro atoms. The molecule has 2 fully saturated rings. The molecule has 5 rings (SSSR count). The Kier molecular flexibility index (Phi) is 7.39. The third kappa shape index (κ3) is 5.54. The number of nitrogens with one attached hydrogen (secondary N) is 1. The maximum absolute atomic E-state index is 6.22. The van der Waals surface area contributed by atoms with E-state index in [2.05, 4.69) is 39.4 Å². The van der Waals surface area contributed by atoms with Crippen molar-refractivity contribution in [2.45, 2.75) is 38.1 Å². The van der Waals surface area contributed by atoms with Crippen molar-refractivity contribution in [2.24, 2.45) is 7.05 Å². The highest BCUT2D eigenvalue weighted by atomic mass is 16.5. The SMILES string of the molecule is COc1cc2c(NC3CCN(C)CC3)cc(-c3ccnn3C)nc2cc1OCCCN1CCCC1. The summed E-state index contributed by atoms with van der Waals surface area (Å²) in [5, 5.41) is 9.23. The first-order chi connectivity index (χ1) is 17.1. The molecule has 2 aromatic heterocycles. The minimum atomic E-state index is 0.434. The number of nitrogens with zero attached hydrogens (tertiary/aromatic N) is 5. The number of rotatable bonds is 9. The second kappa shape index (κ2) is 10.8. The smallest absolute Gasteiger partial charge is 0.163 e. The lowest BCUT2D eigenvalue weighted by molar-refractivity contribution is 0.254. The number of likely N-dealkylation sites (tertiary alicyclic amines) is 2. The van der Waals surface area contributed by atoms with Gasteiger partial charge in [-0.3, -0.25) is 4.68 Å². The van der Waals surface area contributed by atoms with Gasteiger partial charge < -0.3 is 24.6 Å². The molecule has 0 aliphatic carbocycles. The van der Waals surface area contributed by atoms with E-state index < -0.39 is 0 Å². The molecule has 2 aliphatic heterocycles. The summed E-state index contributed by atoms with van der Waals surface area (Å²) in [6.45, 7) is 6.39. The highest BCUT2D eigenvalue weighted by Gasteiger charge is 2.20. The predicted molar refractivity (Wildman–Crippen MR) is 140 cm³/mol. The molecule has 0 atom stereocenters. The third-order valence-electron chi connectivity index (χ3n) is 7.33. The van der Waals surface area contributed by atoms with Crippen LogP contribution in [-0.2, 0) is 7.05 Å². The van der Waals surface area contributed by atoms with E-state index in [9.17, 15) is 0 Å². The van der Waals surface area contributed by atoms with Crippen LogP contribution in [0, 0.1) is 0 Å². The van der Waals surface area contributed by atoms with Gasteiger partial charge in [0.05, 0.1) is 30.6 Å². The second-order valence-corrected chi connectivity index (χ2v) is 9.89. The number of hydrogen-bond acceptors (Lipinski definition) is 7. The van der Waals surface area contributed by atoms with E-state index in [0.717, 1.165) is 78.4 Å². The molecule has 4 heterocycles. The molecule has 188 valence electrons. The zero-order valence-corrected chi connectivity index (χ0v) is 21.3. The largest absolute Gasteiger partial charge is 0.493 e. The maximum Gasteiger partial charge on any atom is 0.163 e. The Balaban J connectivity index is 1.44. The lowest BCUT2D eigenvalue weighted by Crippen LogP contribution is -2.36. The first-order valence-corrected chi connectivity index (χ1v) is 12.9. The van der Waals surface area contributed by atoms with Gasteiger partial charge in [-0.25, -0.2) is 4.98 Å². The molecule has 8 heteroatoms. The molecule has 0 unspecified atom stereocenters. The second-order valence-electron chi connectivity index (χ2n) is 9.89. The molecule has 0 bridgehead atoms. The molecule has 1 N–H and O–H groups in total. The van der Waals surface area contributed by atoms with Crippen molar-refractivity contribution in [2.75, 3.05) is 58.8 Å². The number of aromatic nitrogens is 3. The average Bonchev–Trinajstić information content (AvgIpc) is 3.54. The van der Waals surface area contributed by atoms with Crippen LogP contribution in [0.3, 0.4) is 0 Å². The van der Waals surface area contributed by atoms with Crippen LogP contribution in [-0.4, -0.2) is 84.1 Å². The minimum Gasteiger partial charge on any atom is -0.493 e. The lowest BCUT2D eigenvalue weighted by atomic mass is 10.0. The van der Waals surface area contributed by atoms with Gasteiger partial charge in [0.1, 0.15) is 0 Å². The van der Waals surface area contributed by atoms with Crippen LogP contribution in [0.5, 0.6) is 11.5 Å². The van der Waals surface area contributed by atoms with Crippen LogP contribution in [0.15, 0.2) is 30.5 Å². The molecule has 2 aliphatic rings. The van der Waals surface area contributed by atoms with Gasteiger partial charge in [0.25, 0.3) is 0 Å². The number of aryl methyl sites for hydroxylation is 1. The van der Waals surface area contributed by atoms with Gasteiger partial charge in [-0.2, -0.15) is 5.10 Å². The van der Waals surface area contributed by atoms with Crippen molar-refractivity contribution in [3.05, 3.63) is 30.5 Å². The Morgan fingerprint density at radius 3 is 2.54 bits per heavy atom. The van der Waals surface area contributed by atoms with Gasteiger partial charge in [-0.15, -0.1) is 0 Å². The van der Waals surface area contributed by atoms with Crippen LogP contribution in [0.25, 0.3) is 22.3 Å². The number of anilines is 1. The number of piperidine rings is 1. The Hall–Kier alpha value is -2.84. The quantitative estimate of drug-likeness (QED) is 0.466. The number of methoxy groups -OCH3 is 1. The van der Waals surface area contributed by atoms with Crippen molar-refractivity contribution in [3.8, 4) is 22.9 Å². The topological polar surface area (TPSA) is 67.7 Å². The maximum atomic E-state index is 6.22. The van der Waals surface area contributed by atoms with Gasteiger partial charge in [0, 0.05) is 43.0 Å². The highest BCUT2D eigenvalue weighted by molar-refractivity contribution is 5.96. The molecule has 2 saturated heterocycles. The lowest BCUT2D eigenvalue weighted by Gasteiger charge is -2.30. The molecule has 0 saturated carbocycles. The van der Waals surface area contributed by atoms with E-state index in [4.69, 9.17) is 14.5 Å². The Labute approximate surface area is 208 Å². The predicted octanol–water partition coefficient (Wildman–Crippen LogP) is 4.01. The summed E-state index contributed by atoms with van der Waals surface area (Å²) in [7, 11) is 5.85. The number of fused-ring (bicyclic) bond motifs is 1. The van der Waals surface area contributed by atoms with Gasteiger partial charge in [-0.05, 0) is 83.5 Å². The molecule has 8 nitrogen and oxygen atoms in total. The third-order valence-corrected chi connectivity index (χ3v) is 7.33. The first-order valence-electron chi connectivity index (χ1n) is 12.9. The summed E-state index contributed by atoms with van der Waals surface area (Å²) < 4.78 is 13.8. The molecule has 1 aromatic carbocycles. The zero-order chi connectivity index (χ0) is 24.2. The number of benzene rings is 1. The Morgan fingerprint density at radius 1 is 1.03 bits per heavy atom. The fourth-order valence-corrected chi connectivity index (χ4v) is 5.23. The molecular formula is C27H38N6O2. The van der Waals surface area contributed by atoms with E-state index in [1.165, 1.54) is 25.9 Å². The normalized spacial score (nSPS) is 17.8. The summed E-state index contributed by atoms with van der Waals surface area (Å²) in [5.74, 6) is 1.50. The Bertz CT molecular complexity index is 1130. The van der Waals surface area contributed by atoms with Gasteiger partial charge >= 0.3 is 0 Å². The van der Waals surface area contributed by atoms with Crippen molar-refractivity contribution in [1.82, 2.24) is 24.6 Å².